The SMILES string of the molecule is O=C(Nc1ccc(F)cc1)/C(=C\c1ccccc1)NC(=O)c1ccc(C(=O)N/C(=C/c2ccccc2)C(=O)Nc2ccc(F)cc2)cc1. The van der Waals surface area contributed by atoms with Gasteiger partial charge in [-0.3, -0.25) is 19.2 Å². The monoisotopic (exact) mass is 642 g/mol. The maximum Gasteiger partial charge on any atom is 0.272 e. The van der Waals surface area contributed by atoms with Gasteiger partial charge in [-0.05, 0) is 96.1 Å². The van der Waals surface area contributed by atoms with Crippen molar-refractivity contribution in [3.05, 3.63) is 179 Å². The molecule has 0 fully saturated rings. The summed E-state index contributed by atoms with van der Waals surface area (Å²) in [5, 5.41) is 10.5. The van der Waals surface area contributed by atoms with Crippen LogP contribution in [0.4, 0.5) is 20.2 Å². The zero-order valence-corrected chi connectivity index (χ0v) is 25.2. The molecule has 4 amide bonds. The Kier molecular flexibility index (Phi) is 10.6. The van der Waals surface area contributed by atoms with Crippen LogP contribution in [0.2, 0.25) is 0 Å². The van der Waals surface area contributed by atoms with Crippen molar-refractivity contribution in [1.29, 1.82) is 0 Å². The lowest BCUT2D eigenvalue weighted by atomic mass is 10.1. The average molecular weight is 643 g/mol. The molecule has 0 aliphatic heterocycles. The fraction of sp³-hybridized carbons (Fsp3) is 0. The lowest BCUT2D eigenvalue weighted by Crippen LogP contribution is -2.31. The van der Waals surface area contributed by atoms with Gasteiger partial charge in [-0.1, -0.05) is 60.7 Å². The van der Waals surface area contributed by atoms with Gasteiger partial charge in [0.2, 0.25) is 0 Å². The highest BCUT2D eigenvalue weighted by atomic mass is 19.1. The summed E-state index contributed by atoms with van der Waals surface area (Å²) in [6.45, 7) is 0. The molecule has 0 saturated carbocycles. The highest BCUT2D eigenvalue weighted by Gasteiger charge is 2.18. The van der Waals surface area contributed by atoms with Gasteiger partial charge in [-0.2, -0.15) is 0 Å². The first-order valence-corrected chi connectivity index (χ1v) is 14.6. The second-order valence-electron chi connectivity index (χ2n) is 10.3. The molecule has 0 aromatic heterocycles. The van der Waals surface area contributed by atoms with Crippen molar-refractivity contribution in [3.8, 4) is 0 Å². The van der Waals surface area contributed by atoms with Crippen LogP contribution in [0.1, 0.15) is 31.8 Å². The van der Waals surface area contributed by atoms with Crippen molar-refractivity contribution in [1.82, 2.24) is 10.6 Å². The number of nitrogens with one attached hydrogen (secondary N) is 4. The molecular weight excluding hydrogens is 614 g/mol. The van der Waals surface area contributed by atoms with E-state index in [4.69, 9.17) is 0 Å². The summed E-state index contributed by atoms with van der Waals surface area (Å²) in [5.74, 6) is -3.44. The van der Waals surface area contributed by atoms with E-state index in [9.17, 15) is 28.0 Å². The number of carbonyl (C=O) groups is 4. The largest absolute Gasteiger partial charge is 0.321 e. The van der Waals surface area contributed by atoms with E-state index in [1.807, 2.05) is 12.1 Å². The van der Waals surface area contributed by atoms with E-state index < -0.39 is 35.3 Å². The van der Waals surface area contributed by atoms with E-state index in [0.29, 0.717) is 22.5 Å². The number of halogens is 2. The number of benzene rings is 5. The molecular formula is C38H28F2N4O4. The van der Waals surface area contributed by atoms with Crippen LogP contribution in [-0.2, 0) is 9.59 Å². The van der Waals surface area contributed by atoms with Crippen LogP contribution in [0.25, 0.3) is 12.2 Å². The Morgan fingerprint density at radius 3 is 1.10 bits per heavy atom. The van der Waals surface area contributed by atoms with Gasteiger partial charge in [0.15, 0.2) is 0 Å². The lowest BCUT2D eigenvalue weighted by Gasteiger charge is -2.13. The molecule has 0 unspecified atom stereocenters. The summed E-state index contributed by atoms with van der Waals surface area (Å²) in [5.41, 5.74) is 2.12. The fourth-order valence-corrected chi connectivity index (χ4v) is 4.37. The number of hydrogen-bond donors (Lipinski definition) is 4. The summed E-state index contributed by atoms with van der Waals surface area (Å²) in [4.78, 5) is 52.7. The van der Waals surface area contributed by atoms with E-state index in [1.165, 1.54) is 84.9 Å². The Morgan fingerprint density at radius 1 is 0.438 bits per heavy atom. The van der Waals surface area contributed by atoms with Gasteiger partial charge < -0.3 is 21.3 Å². The van der Waals surface area contributed by atoms with Crippen LogP contribution < -0.4 is 21.3 Å². The number of hydrogen-bond acceptors (Lipinski definition) is 4. The summed E-state index contributed by atoms with van der Waals surface area (Å²) >= 11 is 0. The van der Waals surface area contributed by atoms with Crippen molar-refractivity contribution in [2.45, 2.75) is 0 Å². The smallest absolute Gasteiger partial charge is 0.272 e. The molecule has 10 heteroatoms. The molecule has 0 aliphatic rings. The Hall–Kier alpha value is -6.68. The van der Waals surface area contributed by atoms with Crippen LogP contribution >= 0.6 is 0 Å². The Bertz CT molecular complexity index is 1830. The van der Waals surface area contributed by atoms with Gasteiger partial charge in [-0.25, -0.2) is 8.78 Å². The molecule has 0 radical (unpaired) electrons. The zero-order valence-electron chi connectivity index (χ0n) is 25.2. The van der Waals surface area contributed by atoms with Crippen molar-refractivity contribution < 1.29 is 28.0 Å². The molecule has 0 aliphatic carbocycles. The molecule has 5 aromatic carbocycles. The van der Waals surface area contributed by atoms with Crippen LogP contribution in [0.3, 0.4) is 0 Å². The molecule has 0 atom stereocenters. The molecule has 48 heavy (non-hydrogen) atoms. The second kappa shape index (κ2) is 15.5. The molecule has 5 rings (SSSR count). The van der Waals surface area contributed by atoms with Crippen molar-refractivity contribution in [3.63, 3.8) is 0 Å². The van der Waals surface area contributed by atoms with Crippen molar-refractivity contribution in [2.24, 2.45) is 0 Å². The Balaban J connectivity index is 1.31. The molecule has 0 spiro atoms. The number of carbonyl (C=O) groups excluding carboxylic acids is 4. The van der Waals surface area contributed by atoms with Gasteiger partial charge in [0.25, 0.3) is 23.6 Å². The normalized spacial score (nSPS) is 11.3. The minimum absolute atomic E-state index is 0.0693. The predicted molar refractivity (Wildman–Crippen MR) is 180 cm³/mol. The first-order valence-electron chi connectivity index (χ1n) is 14.6. The van der Waals surface area contributed by atoms with Gasteiger partial charge in [0, 0.05) is 22.5 Å². The molecule has 0 heterocycles. The second-order valence-corrected chi connectivity index (χ2v) is 10.3. The van der Waals surface area contributed by atoms with Gasteiger partial charge in [0.1, 0.15) is 23.0 Å². The number of amides is 4. The third-order valence-electron chi connectivity index (χ3n) is 6.82. The van der Waals surface area contributed by atoms with E-state index in [2.05, 4.69) is 21.3 Å². The Labute approximate surface area is 274 Å². The third-order valence-corrected chi connectivity index (χ3v) is 6.82. The topological polar surface area (TPSA) is 116 Å². The quantitative estimate of drug-likeness (QED) is 0.126. The molecule has 238 valence electrons. The average Bonchev–Trinajstić information content (AvgIpc) is 3.10. The summed E-state index contributed by atoms with van der Waals surface area (Å²) < 4.78 is 26.7. The summed E-state index contributed by atoms with van der Waals surface area (Å²) in [6, 6.07) is 33.7. The van der Waals surface area contributed by atoms with E-state index in [0.717, 1.165) is 0 Å². The van der Waals surface area contributed by atoms with E-state index in [-0.39, 0.29) is 22.5 Å². The van der Waals surface area contributed by atoms with Gasteiger partial charge >= 0.3 is 0 Å². The standard InChI is InChI=1S/C38H28F2N4O4/c39-29-15-19-31(20-16-29)41-37(47)33(23-25-7-3-1-4-8-25)43-35(45)27-11-13-28(14-12-27)36(46)44-34(24-26-9-5-2-6-10-26)38(48)42-32-21-17-30(40)18-22-32/h1-24H,(H,41,47)(H,42,48)(H,43,45)(H,44,46)/b33-23+,34-24+. The van der Waals surface area contributed by atoms with Crippen molar-refractivity contribution >= 4 is 47.2 Å². The first kappa shape index (κ1) is 32.7. The number of anilines is 2. The minimum Gasteiger partial charge on any atom is -0.321 e. The molecule has 5 aromatic rings. The highest BCUT2D eigenvalue weighted by Crippen LogP contribution is 2.15. The maximum atomic E-state index is 13.3. The van der Waals surface area contributed by atoms with Gasteiger partial charge in [0.05, 0.1) is 0 Å². The number of rotatable bonds is 10. The predicted octanol–water partition coefficient (Wildman–Crippen LogP) is 6.78. The van der Waals surface area contributed by atoms with Gasteiger partial charge in [-0.15, -0.1) is 0 Å². The van der Waals surface area contributed by atoms with E-state index >= 15 is 0 Å². The summed E-state index contributed by atoms with van der Waals surface area (Å²) in [7, 11) is 0. The van der Waals surface area contributed by atoms with Crippen molar-refractivity contribution in [2.75, 3.05) is 10.6 Å². The molecule has 0 saturated heterocycles. The Morgan fingerprint density at radius 2 is 0.771 bits per heavy atom. The third kappa shape index (κ3) is 9.18. The fourth-order valence-electron chi connectivity index (χ4n) is 4.37. The van der Waals surface area contributed by atoms with Crippen LogP contribution in [-0.4, -0.2) is 23.6 Å². The molecule has 8 nitrogen and oxygen atoms in total. The van der Waals surface area contributed by atoms with Crippen LogP contribution in [0.5, 0.6) is 0 Å². The maximum absolute atomic E-state index is 13.3. The highest BCUT2D eigenvalue weighted by molar-refractivity contribution is 6.12. The van der Waals surface area contributed by atoms with Crippen LogP contribution in [0.15, 0.2) is 145 Å². The molecule has 4 N–H and O–H groups in total. The first-order chi connectivity index (χ1) is 23.2. The molecule has 0 bridgehead atoms. The minimum atomic E-state index is -0.633. The van der Waals surface area contributed by atoms with Crippen LogP contribution in [0, 0.1) is 11.6 Å². The lowest BCUT2D eigenvalue weighted by molar-refractivity contribution is -0.113. The summed E-state index contributed by atoms with van der Waals surface area (Å²) in [6.07, 6.45) is 2.99. The van der Waals surface area contributed by atoms with E-state index in [1.54, 1.807) is 48.5 Å². The zero-order chi connectivity index (χ0) is 33.9.